The summed E-state index contributed by atoms with van der Waals surface area (Å²) >= 11 is 23.1. The van der Waals surface area contributed by atoms with Crippen LogP contribution in [-0.2, 0) is 4.79 Å². The monoisotopic (exact) mass is 496 g/mol. The molecule has 0 fully saturated rings. The van der Waals surface area contributed by atoms with E-state index in [-0.39, 0.29) is 16.7 Å². The average molecular weight is 498 g/mol. The Kier molecular flexibility index (Phi) is 12.3. The number of carbonyl (C=O) groups excluding carboxylic acids is 1. The van der Waals surface area contributed by atoms with Crippen molar-refractivity contribution in [1.82, 2.24) is 10.6 Å². The van der Waals surface area contributed by atoms with Crippen LogP contribution in [0, 0.1) is 10.1 Å². The normalized spacial score (nSPS) is 12.1. The zero-order valence-electron chi connectivity index (χ0n) is 16.8. The van der Waals surface area contributed by atoms with Gasteiger partial charge in [-0.3, -0.25) is 14.9 Å². The van der Waals surface area contributed by atoms with E-state index in [1.165, 1.54) is 43.9 Å². The number of thiocarbonyl (C=S) groups is 1. The van der Waals surface area contributed by atoms with Crippen molar-refractivity contribution < 1.29 is 9.72 Å². The summed E-state index contributed by atoms with van der Waals surface area (Å²) in [7, 11) is 0. The number of nitro groups is 1. The number of nitrogens with one attached hydrogen (secondary N) is 3. The molecule has 0 saturated heterocycles. The molecule has 30 heavy (non-hydrogen) atoms. The molecule has 0 aliphatic rings. The molecule has 0 heterocycles. The molecule has 1 rings (SSSR count). The van der Waals surface area contributed by atoms with Crippen molar-refractivity contribution in [2.24, 2.45) is 0 Å². The molecule has 0 aromatic heterocycles. The van der Waals surface area contributed by atoms with Gasteiger partial charge in [-0.05, 0) is 24.7 Å². The van der Waals surface area contributed by atoms with E-state index in [0.717, 1.165) is 19.3 Å². The lowest BCUT2D eigenvalue weighted by Crippen LogP contribution is -2.56. The van der Waals surface area contributed by atoms with Gasteiger partial charge in [-0.1, -0.05) is 86.3 Å². The predicted molar refractivity (Wildman–Crippen MR) is 127 cm³/mol. The lowest BCUT2D eigenvalue weighted by atomic mass is 10.1. The number of carbonyl (C=O) groups is 1. The first-order valence-electron chi connectivity index (χ1n) is 9.81. The third kappa shape index (κ3) is 11.2. The van der Waals surface area contributed by atoms with E-state index in [1.807, 2.05) is 0 Å². The van der Waals surface area contributed by atoms with Gasteiger partial charge in [-0.25, -0.2) is 0 Å². The number of rotatable bonds is 12. The summed E-state index contributed by atoms with van der Waals surface area (Å²) in [6.07, 6.45) is 6.89. The van der Waals surface area contributed by atoms with Crippen LogP contribution in [-0.4, -0.2) is 25.9 Å². The average Bonchev–Trinajstić information content (AvgIpc) is 2.66. The van der Waals surface area contributed by atoms with Gasteiger partial charge in [0.05, 0.1) is 4.92 Å². The molecule has 0 saturated carbocycles. The summed E-state index contributed by atoms with van der Waals surface area (Å²) in [5.41, 5.74) is 0.294. The van der Waals surface area contributed by atoms with E-state index in [4.69, 9.17) is 47.0 Å². The van der Waals surface area contributed by atoms with E-state index in [2.05, 4.69) is 22.9 Å². The lowest BCUT2D eigenvalue weighted by Gasteiger charge is -2.27. The molecule has 1 amide bonds. The van der Waals surface area contributed by atoms with Crippen molar-refractivity contribution in [2.75, 3.05) is 5.32 Å². The highest BCUT2D eigenvalue weighted by molar-refractivity contribution is 7.80. The molecular formula is C19H27Cl3N4O3S. The number of benzene rings is 1. The minimum absolute atomic E-state index is 0.0445. The Hall–Kier alpha value is -1.35. The van der Waals surface area contributed by atoms with E-state index < -0.39 is 14.9 Å². The van der Waals surface area contributed by atoms with Crippen LogP contribution in [0.2, 0.25) is 0 Å². The smallest absolute Gasteiger partial charge is 0.271 e. The summed E-state index contributed by atoms with van der Waals surface area (Å²) in [5, 5.41) is 19.1. The van der Waals surface area contributed by atoms with Crippen LogP contribution in [0.15, 0.2) is 24.3 Å². The molecule has 1 aromatic rings. The molecule has 0 aliphatic heterocycles. The topological polar surface area (TPSA) is 96.3 Å². The molecular weight excluding hydrogens is 471 g/mol. The Balaban J connectivity index is 2.51. The molecule has 11 heteroatoms. The maximum absolute atomic E-state index is 12.2. The van der Waals surface area contributed by atoms with Gasteiger partial charge in [0.2, 0.25) is 9.70 Å². The largest absolute Gasteiger partial charge is 0.339 e. The maximum atomic E-state index is 12.2. The fraction of sp³-hybridized carbons (Fsp3) is 0.579. The lowest BCUT2D eigenvalue weighted by molar-refractivity contribution is -0.384. The number of nitro benzene ring substituents is 1. The highest BCUT2D eigenvalue weighted by Crippen LogP contribution is 2.29. The number of anilines is 1. The van der Waals surface area contributed by atoms with Crippen LogP contribution in [0.5, 0.6) is 0 Å². The van der Waals surface area contributed by atoms with E-state index in [9.17, 15) is 14.9 Å². The van der Waals surface area contributed by atoms with Gasteiger partial charge < -0.3 is 16.0 Å². The van der Waals surface area contributed by atoms with Crippen molar-refractivity contribution in [3.05, 3.63) is 34.4 Å². The summed E-state index contributed by atoms with van der Waals surface area (Å²) < 4.78 is -1.86. The number of non-ortho nitro benzene ring substituents is 1. The molecule has 0 aliphatic carbocycles. The number of alkyl halides is 3. The zero-order valence-corrected chi connectivity index (χ0v) is 19.8. The Morgan fingerprint density at radius 2 is 1.77 bits per heavy atom. The Bertz CT molecular complexity index is 717. The SMILES string of the molecule is CCCCCCCCCC(=O)N[C@@H](NC(=S)Nc1cccc([N+](=O)[O-])c1)C(Cl)(Cl)Cl. The summed E-state index contributed by atoms with van der Waals surface area (Å²) in [6.45, 7) is 2.17. The number of nitrogens with zero attached hydrogens (tertiary/aromatic N) is 1. The van der Waals surface area contributed by atoms with E-state index >= 15 is 0 Å². The van der Waals surface area contributed by atoms with Crippen LogP contribution in [0.3, 0.4) is 0 Å². The van der Waals surface area contributed by atoms with Crippen molar-refractivity contribution in [1.29, 1.82) is 0 Å². The van der Waals surface area contributed by atoms with Crippen LogP contribution in [0.1, 0.15) is 58.3 Å². The third-order valence-electron chi connectivity index (χ3n) is 4.23. The molecule has 0 bridgehead atoms. The molecule has 0 unspecified atom stereocenters. The zero-order chi connectivity index (χ0) is 22.6. The fourth-order valence-corrected chi connectivity index (χ4v) is 3.23. The minimum atomic E-state index is -1.86. The van der Waals surface area contributed by atoms with Crippen molar-refractivity contribution in [3.8, 4) is 0 Å². The molecule has 1 atom stereocenters. The molecule has 0 radical (unpaired) electrons. The molecule has 0 spiro atoms. The Morgan fingerprint density at radius 1 is 1.13 bits per heavy atom. The summed E-state index contributed by atoms with van der Waals surface area (Å²) in [5.74, 6) is -0.259. The summed E-state index contributed by atoms with van der Waals surface area (Å²) in [4.78, 5) is 22.6. The van der Waals surface area contributed by atoms with E-state index in [0.29, 0.717) is 12.1 Å². The van der Waals surface area contributed by atoms with Crippen LogP contribution in [0.4, 0.5) is 11.4 Å². The van der Waals surface area contributed by atoms with Gasteiger partial charge in [-0.2, -0.15) is 0 Å². The highest BCUT2D eigenvalue weighted by atomic mass is 35.6. The van der Waals surface area contributed by atoms with Crippen molar-refractivity contribution in [3.63, 3.8) is 0 Å². The maximum Gasteiger partial charge on any atom is 0.271 e. The second-order valence-corrected chi connectivity index (χ2v) is 9.60. The minimum Gasteiger partial charge on any atom is -0.339 e. The number of halogens is 3. The molecule has 1 aromatic carbocycles. The Labute approximate surface area is 197 Å². The first-order chi connectivity index (χ1) is 14.1. The second kappa shape index (κ2) is 13.9. The summed E-state index contributed by atoms with van der Waals surface area (Å²) in [6, 6.07) is 5.79. The van der Waals surface area contributed by atoms with Crippen LogP contribution < -0.4 is 16.0 Å². The van der Waals surface area contributed by atoms with Gasteiger partial charge in [-0.15, -0.1) is 0 Å². The number of hydrogen-bond donors (Lipinski definition) is 3. The Morgan fingerprint density at radius 3 is 2.37 bits per heavy atom. The van der Waals surface area contributed by atoms with Crippen LogP contribution >= 0.6 is 47.0 Å². The van der Waals surface area contributed by atoms with Crippen molar-refractivity contribution >= 4 is 69.4 Å². The predicted octanol–water partition coefficient (Wildman–Crippen LogP) is 5.83. The molecule has 7 nitrogen and oxygen atoms in total. The number of amides is 1. The van der Waals surface area contributed by atoms with Crippen LogP contribution in [0.25, 0.3) is 0 Å². The standard InChI is InChI=1S/C19H27Cl3N4O3S/c1-2-3-4-5-6-7-8-12-16(27)24-17(19(20,21)22)25-18(30)23-14-10-9-11-15(13-14)26(28)29/h9-11,13,17H,2-8,12H2,1H3,(H,24,27)(H2,23,25,30)/t17-/m0/s1. The fourth-order valence-electron chi connectivity index (χ4n) is 2.67. The third-order valence-corrected chi connectivity index (χ3v) is 5.10. The first kappa shape index (κ1) is 26.7. The van der Waals surface area contributed by atoms with E-state index in [1.54, 1.807) is 6.07 Å². The van der Waals surface area contributed by atoms with Gasteiger partial charge in [0.1, 0.15) is 6.17 Å². The number of hydrogen-bond acceptors (Lipinski definition) is 4. The van der Waals surface area contributed by atoms with Gasteiger partial charge >= 0.3 is 0 Å². The first-order valence-corrected chi connectivity index (χ1v) is 11.4. The quantitative estimate of drug-likeness (QED) is 0.0839. The van der Waals surface area contributed by atoms with Gasteiger partial charge in [0.15, 0.2) is 5.11 Å². The molecule has 3 N–H and O–H groups in total. The highest BCUT2D eigenvalue weighted by Gasteiger charge is 2.34. The van der Waals surface area contributed by atoms with Crippen molar-refractivity contribution in [2.45, 2.75) is 68.2 Å². The van der Waals surface area contributed by atoms with Gasteiger partial charge in [0, 0.05) is 24.2 Å². The number of unbranched alkanes of at least 4 members (excludes halogenated alkanes) is 6. The second-order valence-electron chi connectivity index (χ2n) is 6.82. The molecule has 168 valence electrons. The van der Waals surface area contributed by atoms with Gasteiger partial charge in [0.25, 0.3) is 5.69 Å².